The van der Waals surface area contributed by atoms with Crippen molar-refractivity contribution in [2.24, 2.45) is 0 Å². The monoisotopic (exact) mass is 414 g/mol. The molecular weight excluding hydrogens is 396 g/mol. The van der Waals surface area contributed by atoms with Gasteiger partial charge in [0.2, 0.25) is 0 Å². The van der Waals surface area contributed by atoms with Gasteiger partial charge in [-0.15, -0.1) is 0 Å². The molecule has 0 aliphatic rings. The van der Waals surface area contributed by atoms with Gasteiger partial charge in [0.25, 0.3) is 5.56 Å². The molecule has 0 aliphatic heterocycles. The van der Waals surface area contributed by atoms with Gasteiger partial charge in [-0.25, -0.2) is 19.9 Å². The van der Waals surface area contributed by atoms with E-state index in [2.05, 4.69) is 24.9 Å². The Hall–Kier alpha value is -3.52. The number of para-hydroxylation sites is 2. The third-order valence-electron chi connectivity index (χ3n) is 4.95. The molecule has 0 spiro atoms. The molecule has 1 N–H and O–H groups in total. The molecule has 5 rings (SSSR count). The van der Waals surface area contributed by atoms with E-state index in [0.717, 1.165) is 22.4 Å². The van der Waals surface area contributed by atoms with Crippen LogP contribution >= 0.6 is 11.8 Å². The Labute approximate surface area is 176 Å². The van der Waals surface area contributed by atoms with Crippen LogP contribution in [-0.2, 0) is 5.75 Å². The number of fused-ring (bicyclic) bond motifs is 2. The molecule has 0 saturated carbocycles. The first-order valence-corrected chi connectivity index (χ1v) is 10.5. The molecule has 0 amide bonds. The predicted molar refractivity (Wildman–Crippen MR) is 118 cm³/mol. The summed E-state index contributed by atoms with van der Waals surface area (Å²) in [5.41, 5.74) is 3.35. The molecule has 3 aromatic heterocycles. The van der Waals surface area contributed by atoms with Crippen LogP contribution in [0, 0.1) is 0 Å². The SMILES string of the molecule is C[C@@H](c1ccccc1)n1c(SCc2nc3ccccc3[nH]2)nc2nccnc2c1=O. The number of rotatable bonds is 5. The van der Waals surface area contributed by atoms with E-state index in [1.807, 2.05) is 61.5 Å². The number of nitrogens with one attached hydrogen (secondary N) is 1. The van der Waals surface area contributed by atoms with Crippen LogP contribution in [0.5, 0.6) is 0 Å². The molecule has 0 saturated heterocycles. The van der Waals surface area contributed by atoms with Gasteiger partial charge in [-0.2, -0.15) is 0 Å². The van der Waals surface area contributed by atoms with E-state index < -0.39 is 0 Å². The number of H-pyrrole nitrogens is 1. The largest absolute Gasteiger partial charge is 0.341 e. The molecule has 30 heavy (non-hydrogen) atoms. The summed E-state index contributed by atoms with van der Waals surface area (Å²) in [6.07, 6.45) is 3.07. The first-order valence-electron chi connectivity index (χ1n) is 9.55. The highest BCUT2D eigenvalue weighted by atomic mass is 32.2. The van der Waals surface area contributed by atoms with Crippen LogP contribution in [0.25, 0.3) is 22.2 Å². The average molecular weight is 414 g/mol. The van der Waals surface area contributed by atoms with Crippen LogP contribution in [0.3, 0.4) is 0 Å². The third kappa shape index (κ3) is 3.35. The molecule has 7 nitrogen and oxygen atoms in total. The Balaban J connectivity index is 1.58. The van der Waals surface area contributed by atoms with Gasteiger partial charge in [-0.05, 0) is 24.6 Å². The predicted octanol–water partition coefficient (Wildman–Crippen LogP) is 3.96. The van der Waals surface area contributed by atoms with E-state index in [1.54, 1.807) is 10.8 Å². The fourth-order valence-corrected chi connectivity index (χ4v) is 4.37. The number of aromatic nitrogens is 6. The summed E-state index contributed by atoms with van der Waals surface area (Å²) in [6, 6.07) is 17.6. The van der Waals surface area contributed by atoms with Crippen LogP contribution in [0.2, 0.25) is 0 Å². The Kier molecular flexibility index (Phi) is 4.76. The molecular formula is C22H18N6OS. The molecule has 3 heterocycles. The Morgan fingerprint density at radius 2 is 1.77 bits per heavy atom. The third-order valence-corrected chi connectivity index (χ3v) is 5.92. The number of hydrogen-bond acceptors (Lipinski definition) is 6. The number of nitrogens with zero attached hydrogens (tertiary/aromatic N) is 5. The van der Waals surface area contributed by atoms with Gasteiger partial charge in [-0.1, -0.05) is 54.2 Å². The highest BCUT2D eigenvalue weighted by molar-refractivity contribution is 7.98. The number of thioether (sulfide) groups is 1. The second kappa shape index (κ2) is 7.72. The normalized spacial score (nSPS) is 12.4. The fraction of sp³-hybridized carbons (Fsp3) is 0.136. The summed E-state index contributed by atoms with van der Waals surface area (Å²) < 4.78 is 1.69. The van der Waals surface area contributed by atoms with Gasteiger partial charge in [-0.3, -0.25) is 9.36 Å². The lowest BCUT2D eigenvalue weighted by atomic mass is 10.1. The van der Waals surface area contributed by atoms with Crippen molar-refractivity contribution in [3.8, 4) is 0 Å². The zero-order valence-corrected chi connectivity index (χ0v) is 17.0. The minimum Gasteiger partial charge on any atom is -0.341 e. The lowest BCUT2D eigenvalue weighted by Gasteiger charge is -2.19. The molecule has 2 aromatic carbocycles. The Morgan fingerprint density at radius 1 is 1.00 bits per heavy atom. The summed E-state index contributed by atoms with van der Waals surface area (Å²) in [4.78, 5) is 34.4. The molecule has 0 radical (unpaired) electrons. The number of imidazole rings is 1. The van der Waals surface area contributed by atoms with Crippen molar-refractivity contribution < 1.29 is 0 Å². The van der Waals surface area contributed by atoms with Crippen LogP contribution in [0.1, 0.15) is 24.4 Å². The molecule has 5 aromatic rings. The van der Waals surface area contributed by atoms with E-state index in [1.165, 1.54) is 18.0 Å². The second-order valence-corrected chi connectivity index (χ2v) is 7.82. The quantitative estimate of drug-likeness (QED) is 0.346. The first-order chi connectivity index (χ1) is 14.7. The number of aromatic amines is 1. The van der Waals surface area contributed by atoms with Crippen molar-refractivity contribution in [2.75, 3.05) is 0 Å². The zero-order chi connectivity index (χ0) is 20.5. The van der Waals surface area contributed by atoms with Crippen LogP contribution < -0.4 is 5.56 Å². The lowest BCUT2D eigenvalue weighted by Crippen LogP contribution is -2.27. The summed E-state index contributed by atoms with van der Waals surface area (Å²) in [6.45, 7) is 1.99. The van der Waals surface area contributed by atoms with Gasteiger partial charge in [0, 0.05) is 12.4 Å². The van der Waals surface area contributed by atoms with Crippen molar-refractivity contribution in [1.82, 2.24) is 29.5 Å². The Morgan fingerprint density at radius 3 is 2.60 bits per heavy atom. The van der Waals surface area contributed by atoms with Crippen LogP contribution in [0.15, 0.2) is 76.9 Å². The van der Waals surface area contributed by atoms with Crippen LogP contribution in [0.4, 0.5) is 0 Å². The maximum Gasteiger partial charge on any atom is 0.282 e. The number of benzene rings is 2. The molecule has 148 valence electrons. The first kappa shape index (κ1) is 18.5. The molecule has 8 heteroatoms. The Bertz CT molecular complexity index is 1360. The minimum absolute atomic E-state index is 0.198. The van der Waals surface area contributed by atoms with Crippen molar-refractivity contribution in [3.63, 3.8) is 0 Å². The van der Waals surface area contributed by atoms with Gasteiger partial charge in [0.1, 0.15) is 5.82 Å². The lowest BCUT2D eigenvalue weighted by molar-refractivity contribution is 0.546. The zero-order valence-electron chi connectivity index (χ0n) is 16.2. The van der Waals surface area contributed by atoms with E-state index in [9.17, 15) is 4.79 Å². The fourth-order valence-electron chi connectivity index (χ4n) is 3.44. The standard InChI is InChI=1S/C22H18N6OS/c1-14(15-7-3-2-4-8-15)28-21(29)19-20(24-12-11-23-19)27-22(28)30-13-18-25-16-9-5-6-10-17(16)26-18/h2-12,14H,13H2,1H3,(H,25,26)/t14-/m0/s1. The van der Waals surface area contributed by atoms with E-state index in [-0.39, 0.29) is 17.1 Å². The van der Waals surface area contributed by atoms with E-state index >= 15 is 0 Å². The van der Waals surface area contributed by atoms with Crippen LogP contribution in [-0.4, -0.2) is 29.5 Å². The molecule has 0 aliphatic carbocycles. The highest BCUT2D eigenvalue weighted by Gasteiger charge is 2.19. The topological polar surface area (TPSA) is 89.3 Å². The van der Waals surface area contributed by atoms with Gasteiger partial charge in [0.15, 0.2) is 16.3 Å². The second-order valence-electron chi connectivity index (χ2n) is 6.87. The van der Waals surface area contributed by atoms with E-state index in [4.69, 9.17) is 0 Å². The summed E-state index contributed by atoms with van der Waals surface area (Å²) in [5, 5.41) is 0.588. The van der Waals surface area contributed by atoms with Crippen molar-refractivity contribution >= 4 is 34.0 Å². The molecule has 0 unspecified atom stereocenters. The van der Waals surface area contributed by atoms with Gasteiger partial charge < -0.3 is 4.98 Å². The molecule has 0 fully saturated rings. The highest BCUT2D eigenvalue weighted by Crippen LogP contribution is 2.26. The van der Waals surface area contributed by atoms with Gasteiger partial charge in [0.05, 0.1) is 22.8 Å². The van der Waals surface area contributed by atoms with Crippen molar-refractivity contribution in [2.45, 2.75) is 23.9 Å². The maximum absolute atomic E-state index is 13.3. The summed E-state index contributed by atoms with van der Waals surface area (Å²) in [7, 11) is 0. The van der Waals surface area contributed by atoms with Crippen molar-refractivity contribution in [1.29, 1.82) is 0 Å². The van der Waals surface area contributed by atoms with E-state index in [0.29, 0.717) is 16.6 Å². The summed E-state index contributed by atoms with van der Waals surface area (Å²) >= 11 is 1.46. The maximum atomic E-state index is 13.3. The molecule has 1 atom stereocenters. The average Bonchev–Trinajstić information content (AvgIpc) is 3.21. The summed E-state index contributed by atoms with van der Waals surface area (Å²) in [5.74, 6) is 1.38. The smallest absolute Gasteiger partial charge is 0.282 e. The molecule has 0 bridgehead atoms. The van der Waals surface area contributed by atoms with Crippen molar-refractivity contribution in [3.05, 3.63) is 88.7 Å². The minimum atomic E-state index is -0.198. The number of hydrogen-bond donors (Lipinski definition) is 1. The van der Waals surface area contributed by atoms with Gasteiger partial charge >= 0.3 is 0 Å².